The molecule has 1 saturated heterocycles. The lowest BCUT2D eigenvalue weighted by Crippen LogP contribution is -2.40. The van der Waals surface area contributed by atoms with Gasteiger partial charge in [-0.15, -0.1) is 0 Å². The van der Waals surface area contributed by atoms with Gasteiger partial charge < -0.3 is 10.2 Å². The molecule has 1 N–H and O–H groups in total. The maximum absolute atomic E-state index is 12.7. The van der Waals surface area contributed by atoms with Crippen LogP contribution in [0.25, 0.3) is 0 Å². The van der Waals surface area contributed by atoms with Crippen molar-refractivity contribution in [3.8, 4) is 0 Å². The summed E-state index contributed by atoms with van der Waals surface area (Å²) in [5.41, 5.74) is 4.12. The number of carbonyl (C=O) groups excluding carboxylic acids is 1. The minimum atomic E-state index is 0.144. The minimum absolute atomic E-state index is 0.144. The summed E-state index contributed by atoms with van der Waals surface area (Å²) < 4.78 is 2.00. The molecule has 1 aliphatic rings. The number of amides is 1. The first-order valence-corrected chi connectivity index (χ1v) is 8.64. The number of benzene rings is 1. The van der Waals surface area contributed by atoms with Crippen LogP contribution in [0.15, 0.2) is 30.3 Å². The molecule has 0 radical (unpaired) electrons. The molecule has 1 amide bonds. The molecule has 1 fully saturated rings. The number of aryl methyl sites for hydroxylation is 2. The lowest BCUT2D eigenvalue weighted by molar-refractivity contribution is 0.0737. The van der Waals surface area contributed by atoms with Crippen molar-refractivity contribution in [1.82, 2.24) is 20.0 Å². The van der Waals surface area contributed by atoms with Gasteiger partial charge in [-0.3, -0.25) is 9.48 Å². The van der Waals surface area contributed by atoms with Gasteiger partial charge in [0, 0.05) is 30.4 Å². The Kier molecular flexibility index (Phi) is 5.00. The van der Waals surface area contributed by atoms with Crippen LogP contribution in [0.3, 0.4) is 0 Å². The predicted octanol–water partition coefficient (Wildman–Crippen LogP) is 2.37. The lowest BCUT2D eigenvalue weighted by atomic mass is 10.1. The van der Waals surface area contributed by atoms with Crippen LogP contribution in [0.5, 0.6) is 0 Å². The van der Waals surface area contributed by atoms with E-state index >= 15 is 0 Å². The number of aromatic nitrogens is 2. The molecule has 0 bridgehead atoms. The summed E-state index contributed by atoms with van der Waals surface area (Å²) in [4.78, 5) is 14.7. The van der Waals surface area contributed by atoms with E-state index in [1.807, 2.05) is 47.8 Å². The number of likely N-dealkylation sites (tertiary alicyclic amines) is 1. The summed E-state index contributed by atoms with van der Waals surface area (Å²) in [6, 6.07) is 10.3. The molecule has 3 rings (SSSR count). The number of carbonyl (C=O) groups is 1. The number of likely N-dealkylation sites (N-methyl/N-ethyl adjacent to an activating group) is 1. The highest BCUT2D eigenvalue weighted by Gasteiger charge is 2.28. The van der Waals surface area contributed by atoms with Gasteiger partial charge in [0.25, 0.3) is 5.91 Å². The SMILES string of the molecule is CNCC1CCCN1C(=O)c1ccc(Cn2nc(C)cc2C)cc1. The Morgan fingerprint density at radius 2 is 2.04 bits per heavy atom. The van der Waals surface area contributed by atoms with E-state index in [1.165, 1.54) is 0 Å². The van der Waals surface area contributed by atoms with Gasteiger partial charge in [-0.25, -0.2) is 0 Å². The molecule has 5 nitrogen and oxygen atoms in total. The highest BCUT2D eigenvalue weighted by molar-refractivity contribution is 5.94. The Bertz CT molecular complexity index is 705. The van der Waals surface area contributed by atoms with Crippen molar-refractivity contribution in [1.29, 1.82) is 0 Å². The van der Waals surface area contributed by atoms with Gasteiger partial charge >= 0.3 is 0 Å². The fourth-order valence-electron chi connectivity index (χ4n) is 3.48. The van der Waals surface area contributed by atoms with Gasteiger partial charge in [0.15, 0.2) is 0 Å². The van der Waals surface area contributed by atoms with E-state index < -0.39 is 0 Å². The van der Waals surface area contributed by atoms with Gasteiger partial charge in [0.1, 0.15) is 0 Å². The molecule has 2 aromatic rings. The zero-order valence-electron chi connectivity index (χ0n) is 14.7. The average molecular weight is 326 g/mol. The second kappa shape index (κ2) is 7.18. The molecule has 1 aliphatic heterocycles. The zero-order valence-corrected chi connectivity index (χ0v) is 14.7. The maximum Gasteiger partial charge on any atom is 0.254 e. The number of nitrogens with one attached hydrogen (secondary N) is 1. The predicted molar refractivity (Wildman–Crippen MR) is 95.2 cm³/mol. The van der Waals surface area contributed by atoms with E-state index in [2.05, 4.69) is 23.4 Å². The number of rotatable bonds is 5. The topological polar surface area (TPSA) is 50.2 Å². The first-order chi connectivity index (χ1) is 11.6. The van der Waals surface area contributed by atoms with Crippen molar-refractivity contribution in [3.05, 3.63) is 52.8 Å². The third-order valence-corrected chi connectivity index (χ3v) is 4.71. The summed E-state index contributed by atoms with van der Waals surface area (Å²) in [5.74, 6) is 0.144. The second-order valence-electron chi connectivity index (χ2n) is 6.63. The number of hydrogen-bond acceptors (Lipinski definition) is 3. The molecule has 1 unspecified atom stereocenters. The third-order valence-electron chi connectivity index (χ3n) is 4.71. The lowest BCUT2D eigenvalue weighted by Gasteiger charge is -2.24. The number of hydrogen-bond donors (Lipinski definition) is 1. The minimum Gasteiger partial charge on any atom is -0.334 e. The van der Waals surface area contributed by atoms with E-state index in [0.29, 0.717) is 6.04 Å². The van der Waals surface area contributed by atoms with Crippen LogP contribution in [0.1, 0.15) is 40.2 Å². The van der Waals surface area contributed by atoms with Crippen LogP contribution >= 0.6 is 0 Å². The molecular weight excluding hydrogens is 300 g/mol. The Balaban J connectivity index is 1.70. The van der Waals surface area contributed by atoms with E-state index in [-0.39, 0.29) is 5.91 Å². The molecule has 24 heavy (non-hydrogen) atoms. The first-order valence-electron chi connectivity index (χ1n) is 8.64. The zero-order chi connectivity index (χ0) is 17.1. The van der Waals surface area contributed by atoms with Crippen molar-refractivity contribution in [2.75, 3.05) is 20.1 Å². The molecule has 128 valence electrons. The van der Waals surface area contributed by atoms with Crippen LogP contribution in [0, 0.1) is 13.8 Å². The molecular formula is C19H26N4O. The van der Waals surface area contributed by atoms with Crippen molar-refractivity contribution < 1.29 is 4.79 Å². The highest BCUT2D eigenvalue weighted by Crippen LogP contribution is 2.20. The molecule has 5 heteroatoms. The molecule has 2 heterocycles. The Hall–Kier alpha value is -2.14. The molecule has 0 saturated carbocycles. The third kappa shape index (κ3) is 3.51. The Morgan fingerprint density at radius 1 is 1.29 bits per heavy atom. The fraction of sp³-hybridized carbons (Fsp3) is 0.474. The average Bonchev–Trinajstić information content (AvgIpc) is 3.14. The standard InChI is InChI=1S/C19H26N4O/c1-14-11-15(2)23(21-14)13-16-6-8-17(9-7-16)19(24)22-10-4-5-18(22)12-20-3/h6-9,11,18,20H,4-5,10,12-13H2,1-3H3. The molecule has 1 atom stereocenters. The Morgan fingerprint density at radius 3 is 2.67 bits per heavy atom. The van der Waals surface area contributed by atoms with Crippen molar-refractivity contribution in [2.24, 2.45) is 0 Å². The van der Waals surface area contributed by atoms with Crippen LogP contribution in [0.4, 0.5) is 0 Å². The molecule has 1 aromatic heterocycles. The fourth-order valence-corrected chi connectivity index (χ4v) is 3.48. The Labute approximate surface area is 143 Å². The van der Waals surface area contributed by atoms with E-state index in [0.717, 1.165) is 55.0 Å². The van der Waals surface area contributed by atoms with Gasteiger partial charge in [-0.2, -0.15) is 5.10 Å². The first kappa shape index (κ1) is 16.7. The second-order valence-corrected chi connectivity index (χ2v) is 6.63. The largest absolute Gasteiger partial charge is 0.334 e. The van der Waals surface area contributed by atoms with Crippen LogP contribution in [0.2, 0.25) is 0 Å². The van der Waals surface area contributed by atoms with E-state index in [4.69, 9.17) is 0 Å². The van der Waals surface area contributed by atoms with Gasteiger partial charge in [0.2, 0.25) is 0 Å². The van der Waals surface area contributed by atoms with Crippen LogP contribution < -0.4 is 5.32 Å². The summed E-state index contributed by atoms with van der Waals surface area (Å²) in [7, 11) is 1.94. The normalized spacial score (nSPS) is 17.5. The van der Waals surface area contributed by atoms with E-state index in [1.54, 1.807) is 0 Å². The molecule has 0 aliphatic carbocycles. The summed E-state index contributed by atoms with van der Waals surface area (Å²) >= 11 is 0. The van der Waals surface area contributed by atoms with Crippen LogP contribution in [-0.4, -0.2) is 46.8 Å². The monoisotopic (exact) mass is 326 g/mol. The van der Waals surface area contributed by atoms with E-state index in [9.17, 15) is 4.79 Å². The summed E-state index contributed by atoms with van der Waals surface area (Å²) in [5, 5.41) is 7.68. The quantitative estimate of drug-likeness (QED) is 0.918. The van der Waals surface area contributed by atoms with Crippen molar-refractivity contribution in [2.45, 2.75) is 39.3 Å². The van der Waals surface area contributed by atoms with Gasteiger partial charge in [0.05, 0.1) is 12.2 Å². The van der Waals surface area contributed by atoms with Gasteiger partial charge in [-0.05, 0) is 57.5 Å². The van der Waals surface area contributed by atoms with Crippen molar-refractivity contribution >= 4 is 5.91 Å². The summed E-state index contributed by atoms with van der Waals surface area (Å²) in [6.07, 6.45) is 2.18. The van der Waals surface area contributed by atoms with Crippen molar-refractivity contribution in [3.63, 3.8) is 0 Å². The number of nitrogens with zero attached hydrogens (tertiary/aromatic N) is 3. The molecule has 0 spiro atoms. The maximum atomic E-state index is 12.7. The summed E-state index contributed by atoms with van der Waals surface area (Å²) in [6.45, 7) is 6.52. The molecule has 1 aromatic carbocycles. The highest BCUT2D eigenvalue weighted by atomic mass is 16.2. The smallest absolute Gasteiger partial charge is 0.254 e. The van der Waals surface area contributed by atoms with Gasteiger partial charge in [-0.1, -0.05) is 12.1 Å². The van der Waals surface area contributed by atoms with Crippen LogP contribution in [-0.2, 0) is 6.54 Å².